The summed E-state index contributed by atoms with van der Waals surface area (Å²) in [6, 6.07) is 13.1. The third-order valence-electron chi connectivity index (χ3n) is 3.10. The van der Waals surface area contributed by atoms with E-state index in [1.54, 1.807) is 18.2 Å². The Labute approximate surface area is 133 Å². The summed E-state index contributed by atoms with van der Waals surface area (Å²) in [5.74, 6) is -0.167. The Kier molecular flexibility index (Phi) is 5.68. The molecule has 0 spiro atoms. The number of nitro groups is 1. The molecule has 0 saturated carbocycles. The number of nitro benzene ring substituents is 1. The Morgan fingerprint density at radius 3 is 2.48 bits per heavy atom. The van der Waals surface area contributed by atoms with Crippen LogP contribution >= 0.6 is 0 Å². The van der Waals surface area contributed by atoms with E-state index in [0.717, 1.165) is 12.8 Å². The quantitative estimate of drug-likeness (QED) is 0.338. The highest BCUT2D eigenvalue weighted by Gasteiger charge is 2.15. The van der Waals surface area contributed by atoms with Gasteiger partial charge < -0.3 is 9.47 Å². The number of rotatable bonds is 7. The fraction of sp³-hybridized carbons (Fsp3) is 0.235. The number of para-hydroxylation sites is 2. The van der Waals surface area contributed by atoms with Crippen molar-refractivity contribution >= 4 is 11.7 Å². The Morgan fingerprint density at radius 1 is 1.13 bits per heavy atom. The average Bonchev–Trinajstić information content (AvgIpc) is 2.55. The van der Waals surface area contributed by atoms with Crippen molar-refractivity contribution in [2.45, 2.75) is 19.8 Å². The predicted molar refractivity (Wildman–Crippen MR) is 84.7 cm³/mol. The molecule has 120 valence electrons. The second-order valence-electron chi connectivity index (χ2n) is 4.88. The van der Waals surface area contributed by atoms with E-state index >= 15 is 0 Å². The molecule has 0 fully saturated rings. The van der Waals surface area contributed by atoms with Crippen molar-refractivity contribution in [2.75, 3.05) is 6.61 Å². The Balaban J connectivity index is 1.91. The zero-order valence-corrected chi connectivity index (χ0v) is 12.7. The number of hydrogen-bond donors (Lipinski definition) is 0. The van der Waals surface area contributed by atoms with Crippen LogP contribution in [0.5, 0.6) is 11.5 Å². The zero-order valence-electron chi connectivity index (χ0n) is 12.7. The lowest BCUT2D eigenvalue weighted by molar-refractivity contribution is -0.385. The summed E-state index contributed by atoms with van der Waals surface area (Å²) in [6.45, 7) is 1.69. The Morgan fingerprint density at radius 2 is 1.83 bits per heavy atom. The molecule has 0 unspecified atom stereocenters. The Bertz CT molecular complexity index is 682. The van der Waals surface area contributed by atoms with Gasteiger partial charge in [0.2, 0.25) is 0 Å². The lowest BCUT2D eigenvalue weighted by atomic mass is 10.1. The molecule has 0 amide bonds. The summed E-state index contributed by atoms with van der Waals surface area (Å²) in [5, 5.41) is 10.9. The van der Waals surface area contributed by atoms with Gasteiger partial charge in [-0.15, -0.1) is 0 Å². The van der Waals surface area contributed by atoms with Crippen LogP contribution in [0, 0.1) is 10.1 Å². The molecule has 0 radical (unpaired) electrons. The van der Waals surface area contributed by atoms with Crippen LogP contribution < -0.4 is 9.47 Å². The molecule has 2 rings (SSSR count). The molecule has 0 aliphatic heterocycles. The van der Waals surface area contributed by atoms with Crippen molar-refractivity contribution in [1.29, 1.82) is 0 Å². The van der Waals surface area contributed by atoms with Crippen molar-refractivity contribution < 1.29 is 19.2 Å². The lowest BCUT2D eigenvalue weighted by Crippen LogP contribution is -2.18. The third-order valence-corrected chi connectivity index (χ3v) is 3.10. The van der Waals surface area contributed by atoms with Gasteiger partial charge in [-0.3, -0.25) is 10.1 Å². The number of carbonyl (C=O) groups excluding carboxylic acids is 1. The normalized spacial score (nSPS) is 10.1. The first-order valence-electron chi connectivity index (χ1n) is 7.26. The van der Waals surface area contributed by atoms with E-state index in [1.807, 2.05) is 12.1 Å². The topological polar surface area (TPSA) is 78.7 Å². The van der Waals surface area contributed by atoms with E-state index in [0.29, 0.717) is 5.75 Å². The van der Waals surface area contributed by atoms with E-state index < -0.39 is 17.5 Å². The predicted octanol–water partition coefficient (Wildman–Crippen LogP) is 3.53. The first kappa shape index (κ1) is 16.5. The number of ether oxygens (including phenoxy) is 2. The smallest absolute Gasteiger partial charge is 0.349 e. The van der Waals surface area contributed by atoms with Gasteiger partial charge in [0.25, 0.3) is 0 Å². The summed E-state index contributed by atoms with van der Waals surface area (Å²) in [7, 11) is 0. The van der Waals surface area contributed by atoms with E-state index in [2.05, 4.69) is 6.92 Å². The second-order valence-corrected chi connectivity index (χ2v) is 4.88. The van der Waals surface area contributed by atoms with Crippen LogP contribution in [-0.2, 0) is 11.2 Å². The molecule has 0 saturated heterocycles. The summed E-state index contributed by atoms with van der Waals surface area (Å²) in [4.78, 5) is 22.1. The minimum Gasteiger partial charge on any atom is -0.475 e. The first-order chi connectivity index (χ1) is 11.1. The monoisotopic (exact) mass is 315 g/mol. The van der Waals surface area contributed by atoms with Crippen molar-refractivity contribution in [2.24, 2.45) is 0 Å². The van der Waals surface area contributed by atoms with Crippen LogP contribution in [0.25, 0.3) is 0 Å². The van der Waals surface area contributed by atoms with E-state index in [-0.39, 0.29) is 11.4 Å². The molecule has 0 aliphatic carbocycles. The number of hydrogen-bond acceptors (Lipinski definition) is 5. The van der Waals surface area contributed by atoms with Gasteiger partial charge in [-0.2, -0.15) is 0 Å². The van der Waals surface area contributed by atoms with Crippen LogP contribution in [0.3, 0.4) is 0 Å². The molecule has 6 heteroatoms. The van der Waals surface area contributed by atoms with Crippen molar-refractivity contribution in [1.82, 2.24) is 0 Å². The number of benzene rings is 2. The van der Waals surface area contributed by atoms with Gasteiger partial charge in [0.05, 0.1) is 4.92 Å². The Hall–Kier alpha value is -2.89. The minimum absolute atomic E-state index is 0.0349. The molecule has 2 aromatic carbocycles. The molecule has 0 atom stereocenters. The van der Waals surface area contributed by atoms with Crippen LogP contribution in [0.4, 0.5) is 5.69 Å². The molecule has 2 aromatic rings. The molecular formula is C17H17NO5. The average molecular weight is 315 g/mol. The summed E-state index contributed by atoms with van der Waals surface area (Å²) < 4.78 is 10.3. The summed E-state index contributed by atoms with van der Waals surface area (Å²) in [6.07, 6.45) is 2.01. The first-order valence-corrected chi connectivity index (χ1v) is 7.26. The van der Waals surface area contributed by atoms with Crippen LogP contribution in [-0.4, -0.2) is 17.5 Å². The van der Waals surface area contributed by atoms with Gasteiger partial charge in [-0.1, -0.05) is 37.6 Å². The summed E-state index contributed by atoms with van der Waals surface area (Å²) >= 11 is 0. The van der Waals surface area contributed by atoms with Gasteiger partial charge in [0.15, 0.2) is 12.4 Å². The van der Waals surface area contributed by atoms with Crippen molar-refractivity contribution in [3.05, 3.63) is 64.2 Å². The molecule has 0 N–H and O–H groups in total. The highest BCUT2D eigenvalue weighted by molar-refractivity contribution is 5.74. The minimum atomic E-state index is -0.619. The number of esters is 1. The SMILES string of the molecule is CCCc1ccc(OC(=O)COc2ccccc2[N+](=O)[O-])cc1. The van der Waals surface area contributed by atoms with Gasteiger partial charge in [0.1, 0.15) is 5.75 Å². The van der Waals surface area contributed by atoms with Crippen LogP contribution in [0.15, 0.2) is 48.5 Å². The molecule has 0 aliphatic rings. The molecule has 0 bridgehead atoms. The van der Waals surface area contributed by atoms with E-state index in [1.165, 1.54) is 23.8 Å². The largest absolute Gasteiger partial charge is 0.475 e. The molecule has 0 aromatic heterocycles. The van der Waals surface area contributed by atoms with Crippen molar-refractivity contribution in [3.8, 4) is 11.5 Å². The summed E-state index contributed by atoms with van der Waals surface area (Å²) in [5.41, 5.74) is 0.979. The van der Waals surface area contributed by atoms with Gasteiger partial charge in [-0.05, 0) is 30.2 Å². The second kappa shape index (κ2) is 7.93. The maximum Gasteiger partial charge on any atom is 0.349 e. The highest BCUT2D eigenvalue weighted by Crippen LogP contribution is 2.25. The standard InChI is InChI=1S/C17H17NO5/c1-2-5-13-8-10-14(11-9-13)23-17(19)12-22-16-7-4-3-6-15(16)18(20)21/h3-4,6-11H,2,5,12H2,1H3. The molecular weight excluding hydrogens is 298 g/mol. The highest BCUT2D eigenvalue weighted by atomic mass is 16.6. The van der Waals surface area contributed by atoms with Gasteiger partial charge in [0, 0.05) is 6.07 Å². The molecule has 23 heavy (non-hydrogen) atoms. The zero-order chi connectivity index (χ0) is 16.7. The van der Waals surface area contributed by atoms with Crippen molar-refractivity contribution in [3.63, 3.8) is 0 Å². The maximum atomic E-state index is 11.8. The fourth-order valence-corrected chi connectivity index (χ4v) is 2.04. The van der Waals surface area contributed by atoms with Crippen LogP contribution in [0.1, 0.15) is 18.9 Å². The van der Waals surface area contributed by atoms with E-state index in [4.69, 9.17) is 9.47 Å². The van der Waals surface area contributed by atoms with Gasteiger partial charge in [-0.25, -0.2) is 4.79 Å². The van der Waals surface area contributed by atoms with Gasteiger partial charge >= 0.3 is 11.7 Å². The lowest BCUT2D eigenvalue weighted by Gasteiger charge is -2.07. The fourth-order valence-electron chi connectivity index (χ4n) is 2.04. The number of aryl methyl sites for hydroxylation is 1. The number of carbonyl (C=O) groups is 1. The maximum absolute atomic E-state index is 11.8. The number of nitrogens with zero attached hydrogens (tertiary/aromatic N) is 1. The molecule has 0 heterocycles. The molecule has 6 nitrogen and oxygen atoms in total. The van der Waals surface area contributed by atoms with E-state index in [9.17, 15) is 14.9 Å². The van der Waals surface area contributed by atoms with Crippen LogP contribution in [0.2, 0.25) is 0 Å². The third kappa shape index (κ3) is 4.81.